The van der Waals surface area contributed by atoms with Gasteiger partial charge in [0.1, 0.15) is 6.54 Å². The third-order valence-corrected chi connectivity index (χ3v) is 2.88. The van der Waals surface area contributed by atoms with E-state index in [4.69, 9.17) is 0 Å². The van der Waals surface area contributed by atoms with Crippen molar-refractivity contribution in [2.24, 2.45) is 0 Å². The van der Waals surface area contributed by atoms with Crippen LogP contribution in [0.25, 0.3) is 0 Å². The van der Waals surface area contributed by atoms with Gasteiger partial charge >= 0.3 is 0 Å². The van der Waals surface area contributed by atoms with Gasteiger partial charge in [-0.2, -0.15) is 0 Å². The lowest BCUT2D eigenvalue weighted by Gasteiger charge is -2.30. The van der Waals surface area contributed by atoms with E-state index >= 15 is 0 Å². The van der Waals surface area contributed by atoms with Gasteiger partial charge in [-0.25, -0.2) is 0 Å². The number of carbonyl (C=O) groups excluding carboxylic acids is 1. The fraction of sp³-hybridized carbons (Fsp3) is 0.400. The third-order valence-electron chi connectivity index (χ3n) is 2.88. The van der Waals surface area contributed by atoms with E-state index in [1.165, 1.54) is 11.6 Å². The van der Waals surface area contributed by atoms with Gasteiger partial charge in [-0.05, 0) is 6.08 Å². The van der Waals surface area contributed by atoms with Gasteiger partial charge in [0.15, 0.2) is 0 Å². The van der Waals surface area contributed by atoms with Crippen LogP contribution < -0.4 is 5.32 Å². The molecule has 0 heterocycles. The molecule has 0 aromatic heterocycles. The van der Waals surface area contributed by atoms with Crippen LogP contribution in [0, 0.1) is 0 Å². The molecule has 3 nitrogen and oxygen atoms in total. The summed E-state index contributed by atoms with van der Waals surface area (Å²) >= 11 is 0. The van der Waals surface area contributed by atoms with Crippen LogP contribution in [0.4, 0.5) is 0 Å². The molecule has 0 saturated heterocycles. The average molecular weight is 247 g/mol. The third kappa shape index (κ3) is 5.64. The number of nitrogens with one attached hydrogen (secondary N) is 1. The van der Waals surface area contributed by atoms with Crippen LogP contribution in [0.15, 0.2) is 43.0 Å². The second-order valence-corrected chi connectivity index (χ2v) is 5.15. The van der Waals surface area contributed by atoms with Crippen molar-refractivity contribution in [1.82, 2.24) is 5.32 Å². The molecule has 0 aliphatic rings. The molecule has 0 unspecified atom stereocenters. The summed E-state index contributed by atoms with van der Waals surface area (Å²) in [6.45, 7) is 6.18. The van der Waals surface area contributed by atoms with Crippen LogP contribution >= 0.6 is 0 Å². The lowest BCUT2D eigenvalue weighted by molar-refractivity contribution is -0.903. The first kappa shape index (κ1) is 14.5. The Balaban J connectivity index is 2.31. The Hall–Kier alpha value is -1.61. The quantitative estimate of drug-likeness (QED) is 0.445. The number of hydrogen-bond acceptors (Lipinski definition) is 1. The van der Waals surface area contributed by atoms with Crippen LogP contribution in [0.3, 0.4) is 0 Å². The zero-order chi connectivity index (χ0) is 13.4. The lowest BCUT2D eigenvalue weighted by Crippen LogP contribution is -2.40. The van der Waals surface area contributed by atoms with E-state index in [1.54, 1.807) is 0 Å². The molecule has 1 amide bonds. The predicted octanol–water partition coefficient (Wildman–Crippen LogP) is 1.96. The number of amides is 1. The summed E-state index contributed by atoms with van der Waals surface area (Å²) in [4.78, 5) is 11.0. The maximum Gasteiger partial charge on any atom is 0.243 e. The average Bonchev–Trinajstić information content (AvgIpc) is 2.35. The number of hydrogen-bond donors (Lipinski definition) is 1. The first-order valence-corrected chi connectivity index (χ1v) is 6.30. The normalized spacial score (nSPS) is 11.0. The largest absolute Gasteiger partial charge is 0.352 e. The molecule has 0 bridgehead atoms. The number of rotatable bonds is 7. The molecule has 18 heavy (non-hydrogen) atoms. The van der Waals surface area contributed by atoms with Gasteiger partial charge in [-0.15, -0.1) is 0 Å². The van der Waals surface area contributed by atoms with Gasteiger partial charge in [0.2, 0.25) is 5.91 Å². The molecule has 0 spiro atoms. The van der Waals surface area contributed by atoms with E-state index in [1.807, 2.05) is 6.07 Å². The van der Waals surface area contributed by atoms with Gasteiger partial charge in [0.05, 0.1) is 20.6 Å². The molecule has 0 atom stereocenters. The van der Waals surface area contributed by atoms with Gasteiger partial charge in [-0.1, -0.05) is 36.9 Å². The highest BCUT2D eigenvalue weighted by Gasteiger charge is 2.14. The minimum Gasteiger partial charge on any atom is -0.352 e. The van der Waals surface area contributed by atoms with Crippen molar-refractivity contribution in [2.45, 2.75) is 13.0 Å². The monoisotopic (exact) mass is 247 g/mol. The number of nitrogens with zero attached hydrogens (tertiary/aromatic N) is 1. The summed E-state index contributed by atoms with van der Waals surface area (Å²) in [5.74, 6) is -0.0941. The highest BCUT2D eigenvalue weighted by Crippen LogP contribution is 2.09. The van der Waals surface area contributed by atoms with Crippen LogP contribution in [-0.4, -0.2) is 37.6 Å². The van der Waals surface area contributed by atoms with Crippen LogP contribution in [0.2, 0.25) is 0 Å². The molecule has 1 rings (SSSR count). The fourth-order valence-corrected chi connectivity index (χ4v) is 1.95. The van der Waals surface area contributed by atoms with Crippen molar-refractivity contribution in [2.75, 3.05) is 27.2 Å². The molecule has 1 aromatic rings. The SMILES string of the molecule is C=CC(=O)NCCC[N+](C)(C)Cc1ccccc1. The number of quaternary nitrogens is 1. The van der Waals surface area contributed by atoms with E-state index in [0.717, 1.165) is 24.0 Å². The molecule has 0 saturated carbocycles. The maximum atomic E-state index is 11.0. The second kappa shape index (κ2) is 6.97. The zero-order valence-electron chi connectivity index (χ0n) is 11.4. The van der Waals surface area contributed by atoms with Gasteiger partial charge in [0.25, 0.3) is 0 Å². The summed E-state index contributed by atoms with van der Waals surface area (Å²) in [5.41, 5.74) is 1.35. The molecule has 1 aromatic carbocycles. The minimum absolute atomic E-state index is 0.0941. The highest BCUT2D eigenvalue weighted by atomic mass is 16.1. The smallest absolute Gasteiger partial charge is 0.243 e. The maximum absolute atomic E-state index is 11.0. The van der Waals surface area contributed by atoms with E-state index < -0.39 is 0 Å². The first-order valence-electron chi connectivity index (χ1n) is 6.30. The Kier molecular flexibility index (Phi) is 5.59. The second-order valence-electron chi connectivity index (χ2n) is 5.15. The molecule has 0 aliphatic carbocycles. The molecular formula is C15H23N2O+. The number of carbonyl (C=O) groups is 1. The number of benzene rings is 1. The van der Waals surface area contributed by atoms with E-state index in [0.29, 0.717) is 6.54 Å². The van der Waals surface area contributed by atoms with Crippen molar-refractivity contribution >= 4 is 5.91 Å². The molecule has 3 heteroatoms. The Bertz CT molecular complexity index is 385. The van der Waals surface area contributed by atoms with Crippen LogP contribution in [0.5, 0.6) is 0 Å². The summed E-state index contributed by atoms with van der Waals surface area (Å²) in [5, 5.41) is 2.80. The summed E-state index contributed by atoms with van der Waals surface area (Å²) in [7, 11) is 4.42. The van der Waals surface area contributed by atoms with E-state index in [2.05, 4.69) is 50.3 Å². The molecule has 98 valence electrons. The van der Waals surface area contributed by atoms with Gasteiger partial charge in [0, 0.05) is 18.5 Å². The lowest BCUT2D eigenvalue weighted by atomic mass is 10.2. The summed E-state index contributed by atoms with van der Waals surface area (Å²) < 4.78 is 0.925. The molecule has 0 radical (unpaired) electrons. The molecule has 1 N–H and O–H groups in total. The van der Waals surface area contributed by atoms with Crippen molar-refractivity contribution in [3.63, 3.8) is 0 Å². The van der Waals surface area contributed by atoms with Crippen LogP contribution in [-0.2, 0) is 11.3 Å². The zero-order valence-corrected chi connectivity index (χ0v) is 11.4. The Morgan fingerprint density at radius 3 is 2.61 bits per heavy atom. The Morgan fingerprint density at radius 2 is 2.00 bits per heavy atom. The van der Waals surface area contributed by atoms with Crippen molar-refractivity contribution < 1.29 is 9.28 Å². The Labute approximate surface area is 110 Å². The Morgan fingerprint density at radius 1 is 1.33 bits per heavy atom. The van der Waals surface area contributed by atoms with Gasteiger partial charge < -0.3 is 9.80 Å². The first-order chi connectivity index (χ1) is 8.53. The topological polar surface area (TPSA) is 29.1 Å². The molecular weight excluding hydrogens is 224 g/mol. The highest BCUT2D eigenvalue weighted by molar-refractivity contribution is 5.86. The summed E-state index contributed by atoms with van der Waals surface area (Å²) in [6, 6.07) is 10.5. The van der Waals surface area contributed by atoms with Crippen molar-refractivity contribution in [3.05, 3.63) is 48.6 Å². The van der Waals surface area contributed by atoms with Gasteiger partial charge in [-0.3, -0.25) is 4.79 Å². The molecule has 0 aliphatic heterocycles. The van der Waals surface area contributed by atoms with E-state index in [-0.39, 0.29) is 5.91 Å². The van der Waals surface area contributed by atoms with E-state index in [9.17, 15) is 4.79 Å². The van der Waals surface area contributed by atoms with Crippen molar-refractivity contribution in [3.8, 4) is 0 Å². The summed E-state index contributed by atoms with van der Waals surface area (Å²) in [6.07, 6.45) is 2.28. The van der Waals surface area contributed by atoms with Crippen LogP contribution in [0.1, 0.15) is 12.0 Å². The molecule has 0 fully saturated rings. The van der Waals surface area contributed by atoms with Crippen molar-refractivity contribution in [1.29, 1.82) is 0 Å². The standard InChI is InChI=1S/C15H22N2O/c1-4-15(18)16-11-8-12-17(2,3)13-14-9-6-5-7-10-14/h4-7,9-10H,1,8,11-13H2,2-3H3/p+1. The minimum atomic E-state index is -0.0941. The predicted molar refractivity (Wildman–Crippen MR) is 74.9 cm³/mol. The fourth-order valence-electron chi connectivity index (χ4n) is 1.95.